The van der Waals surface area contributed by atoms with E-state index in [1.165, 1.54) is 12.5 Å². The van der Waals surface area contributed by atoms with Crippen molar-refractivity contribution in [2.24, 2.45) is 0 Å². The highest BCUT2D eigenvalue weighted by Crippen LogP contribution is 2.44. The number of aliphatic carboxylic acids is 2. The number of H-pyrrole nitrogens is 1. The van der Waals surface area contributed by atoms with Crippen LogP contribution in [0.25, 0.3) is 11.1 Å². The number of benzene rings is 2. The summed E-state index contributed by atoms with van der Waals surface area (Å²) in [5.41, 5.74) is 4.43. The fourth-order valence-electron chi connectivity index (χ4n) is 5.44. The maximum Gasteiger partial charge on any atom is 0.407 e. The molecule has 0 spiro atoms. The topological polar surface area (TPSA) is 226 Å². The monoisotopic (exact) mass is 675 g/mol. The molecule has 3 atom stereocenters. The molecule has 258 valence electrons. The Morgan fingerprint density at radius 3 is 2.12 bits per heavy atom. The van der Waals surface area contributed by atoms with Crippen LogP contribution in [0.3, 0.4) is 0 Å². The van der Waals surface area contributed by atoms with Gasteiger partial charge in [0.15, 0.2) is 0 Å². The number of amides is 3. The number of rotatable bonds is 17. The second-order valence-corrected chi connectivity index (χ2v) is 11.1. The molecule has 0 bridgehead atoms. The molecule has 0 radical (unpaired) electrons. The Kier molecular flexibility index (Phi) is 12.6. The third kappa shape index (κ3) is 10.2. The van der Waals surface area contributed by atoms with Gasteiger partial charge in [0.2, 0.25) is 11.8 Å². The number of carbonyl (C=O) groups excluding carboxylic acids is 4. The Morgan fingerprint density at radius 2 is 1.53 bits per heavy atom. The van der Waals surface area contributed by atoms with Crippen LogP contribution < -0.4 is 16.0 Å². The van der Waals surface area contributed by atoms with Crippen molar-refractivity contribution in [3.05, 3.63) is 90.0 Å². The van der Waals surface area contributed by atoms with Crippen LogP contribution in [0.1, 0.15) is 48.9 Å². The highest BCUT2D eigenvalue weighted by atomic mass is 16.5. The van der Waals surface area contributed by atoms with Gasteiger partial charge in [-0.3, -0.25) is 19.2 Å². The molecule has 0 fully saturated rings. The molecule has 15 nitrogen and oxygen atoms in total. The molecule has 1 aliphatic carbocycles. The first kappa shape index (κ1) is 35.9. The molecule has 1 aliphatic rings. The Hall–Kier alpha value is -5.99. The quantitative estimate of drug-likeness (QED) is 0.0899. The van der Waals surface area contributed by atoms with Gasteiger partial charge in [0, 0.05) is 36.7 Å². The van der Waals surface area contributed by atoms with Gasteiger partial charge in [-0.25, -0.2) is 14.6 Å². The largest absolute Gasteiger partial charge is 0.481 e. The Morgan fingerprint density at radius 1 is 0.878 bits per heavy atom. The summed E-state index contributed by atoms with van der Waals surface area (Å²) in [4.78, 5) is 81.3. The summed E-state index contributed by atoms with van der Waals surface area (Å²) < 4.78 is 10.4. The summed E-state index contributed by atoms with van der Waals surface area (Å²) in [7, 11) is 0. The number of alkyl carbamates (subject to hydrolysis) is 1. The molecule has 1 heterocycles. The van der Waals surface area contributed by atoms with Crippen LogP contribution in [-0.4, -0.2) is 87.3 Å². The molecule has 0 saturated heterocycles. The molecule has 49 heavy (non-hydrogen) atoms. The Bertz CT molecular complexity index is 1640. The summed E-state index contributed by atoms with van der Waals surface area (Å²) in [6.07, 6.45) is 2.42. The molecule has 6 N–H and O–H groups in total. The zero-order chi connectivity index (χ0) is 35.3. The second kappa shape index (κ2) is 17.2. The number of ether oxygens (including phenoxy) is 2. The minimum Gasteiger partial charge on any atom is -0.481 e. The van der Waals surface area contributed by atoms with Gasteiger partial charge in [-0.2, -0.15) is 0 Å². The van der Waals surface area contributed by atoms with Crippen molar-refractivity contribution in [3.8, 4) is 11.1 Å². The van der Waals surface area contributed by atoms with Crippen molar-refractivity contribution >= 4 is 35.8 Å². The molecule has 15 heteroatoms. The van der Waals surface area contributed by atoms with Gasteiger partial charge >= 0.3 is 24.0 Å². The van der Waals surface area contributed by atoms with E-state index in [0.29, 0.717) is 5.69 Å². The SMILES string of the molecule is CCOC(=O)/C=C/[C@H](CC(=O)O)NC(=O)[C@H](Cc1cnc[nH]1)NC(=O)[C@H](CCC(=O)O)NC(=O)OCC1c2ccccc2-c2ccccc21. The predicted octanol–water partition coefficient (Wildman–Crippen LogP) is 2.29. The van der Waals surface area contributed by atoms with Crippen LogP contribution in [0.15, 0.2) is 73.2 Å². The van der Waals surface area contributed by atoms with E-state index in [4.69, 9.17) is 9.47 Å². The normalized spacial score (nSPS) is 13.7. The zero-order valence-corrected chi connectivity index (χ0v) is 26.6. The molecule has 3 amide bonds. The third-order valence-electron chi connectivity index (χ3n) is 7.68. The lowest BCUT2D eigenvalue weighted by atomic mass is 9.98. The number of aromatic amines is 1. The summed E-state index contributed by atoms with van der Waals surface area (Å²) >= 11 is 0. The highest BCUT2D eigenvalue weighted by molar-refractivity contribution is 5.92. The van der Waals surface area contributed by atoms with Crippen LogP contribution in [-0.2, 0) is 39.9 Å². The number of nitrogens with one attached hydrogen (secondary N) is 4. The molecule has 1 aromatic heterocycles. The average Bonchev–Trinajstić information content (AvgIpc) is 3.70. The highest BCUT2D eigenvalue weighted by Gasteiger charge is 2.32. The number of imidazole rings is 1. The lowest BCUT2D eigenvalue weighted by molar-refractivity contribution is -0.139. The number of esters is 1. The van der Waals surface area contributed by atoms with Crippen LogP contribution >= 0.6 is 0 Å². The molecular formula is C34H37N5O10. The van der Waals surface area contributed by atoms with E-state index in [1.54, 1.807) is 6.92 Å². The van der Waals surface area contributed by atoms with Gasteiger partial charge in [0.05, 0.1) is 25.4 Å². The van der Waals surface area contributed by atoms with Crippen molar-refractivity contribution in [1.29, 1.82) is 0 Å². The van der Waals surface area contributed by atoms with E-state index in [-0.39, 0.29) is 32.0 Å². The van der Waals surface area contributed by atoms with Crippen LogP contribution in [0.5, 0.6) is 0 Å². The number of carboxylic acids is 2. The molecule has 0 saturated carbocycles. The number of hydrogen-bond donors (Lipinski definition) is 6. The van der Waals surface area contributed by atoms with Crippen LogP contribution in [0, 0.1) is 0 Å². The minimum absolute atomic E-state index is 0.0533. The maximum atomic E-state index is 13.5. The van der Waals surface area contributed by atoms with Crippen molar-refractivity contribution < 1.29 is 48.5 Å². The zero-order valence-electron chi connectivity index (χ0n) is 26.6. The second-order valence-electron chi connectivity index (χ2n) is 11.1. The van der Waals surface area contributed by atoms with Crippen LogP contribution in [0.4, 0.5) is 4.79 Å². The summed E-state index contributed by atoms with van der Waals surface area (Å²) in [6, 6.07) is 11.6. The predicted molar refractivity (Wildman–Crippen MR) is 173 cm³/mol. The number of aromatic nitrogens is 2. The molecule has 0 unspecified atom stereocenters. The number of carbonyl (C=O) groups is 6. The van der Waals surface area contributed by atoms with E-state index < -0.39 is 66.8 Å². The van der Waals surface area contributed by atoms with E-state index in [2.05, 4.69) is 25.9 Å². The standard InChI is InChI=1S/C34H37N5O10/c1-2-48-31(44)14-11-20(16-30(42)43)37-33(46)28(15-21-17-35-19-36-21)38-32(45)27(12-13-29(40)41)39-34(47)49-18-26-24-9-5-3-7-22(24)23-8-4-6-10-25(23)26/h3-11,14,17,19-20,26-28H,2,12-13,15-16,18H2,1H3,(H,35,36)(H,37,46)(H,38,45)(H,39,47)(H,40,41)(H,42,43)/b14-11+/t20-,27+,28+/m1/s1. The molecule has 4 rings (SSSR count). The number of fused-ring (bicyclic) bond motifs is 3. The number of nitrogens with zero attached hydrogens (tertiary/aromatic N) is 1. The maximum absolute atomic E-state index is 13.5. The smallest absolute Gasteiger partial charge is 0.407 e. The first-order valence-electron chi connectivity index (χ1n) is 15.5. The molecule has 2 aromatic carbocycles. The summed E-state index contributed by atoms with van der Waals surface area (Å²) in [6.45, 7) is 1.63. The van der Waals surface area contributed by atoms with Crippen molar-refractivity contribution in [3.63, 3.8) is 0 Å². The van der Waals surface area contributed by atoms with E-state index in [9.17, 15) is 39.0 Å². The molecule has 0 aliphatic heterocycles. The lowest BCUT2D eigenvalue weighted by Crippen LogP contribution is -2.55. The fourth-order valence-corrected chi connectivity index (χ4v) is 5.44. The first-order valence-corrected chi connectivity index (χ1v) is 15.5. The van der Waals surface area contributed by atoms with Gasteiger partial charge in [-0.05, 0) is 35.6 Å². The average molecular weight is 676 g/mol. The van der Waals surface area contributed by atoms with Crippen molar-refractivity contribution in [1.82, 2.24) is 25.9 Å². The van der Waals surface area contributed by atoms with E-state index in [0.717, 1.165) is 34.4 Å². The van der Waals surface area contributed by atoms with Crippen molar-refractivity contribution in [2.45, 2.75) is 56.7 Å². The Balaban J connectivity index is 1.47. The van der Waals surface area contributed by atoms with Gasteiger partial charge < -0.3 is 40.6 Å². The van der Waals surface area contributed by atoms with E-state index >= 15 is 0 Å². The van der Waals surface area contributed by atoms with Gasteiger partial charge in [-0.15, -0.1) is 0 Å². The Labute approximate surface area is 281 Å². The number of carboxylic acid groups (broad SMARTS) is 2. The van der Waals surface area contributed by atoms with Gasteiger partial charge in [-0.1, -0.05) is 54.6 Å². The summed E-state index contributed by atoms with van der Waals surface area (Å²) in [5.74, 6) is -5.19. The van der Waals surface area contributed by atoms with Gasteiger partial charge in [0.1, 0.15) is 18.7 Å². The number of hydrogen-bond acceptors (Lipinski definition) is 9. The summed E-state index contributed by atoms with van der Waals surface area (Å²) in [5, 5.41) is 26.1. The van der Waals surface area contributed by atoms with Crippen LogP contribution in [0.2, 0.25) is 0 Å². The molecular weight excluding hydrogens is 638 g/mol. The van der Waals surface area contributed by atoms with Crippen molar-refractivity contribution in [2.75, 3.05) is 13.2 Å². The third-order valence-corrected chi connectivity index (χ3v) is 7.68. The van der Waals surface area contributed by atoms with E-state index in [1.807, 2.05) is 48.5 Å². The minimum atomic E-state index is -1.41. The lowest BCUT2D eigenvalue weighted by Gasteiger charge is -2.24. The first-order chi connectivity index (χ1) is 23.5. The van der Waals surface area contributed by atoms with Gasteiger partial charge in [0.25, 0.3) is 0 Å². The molecule has 3 aromatic rings. The fraction of sp³-hybridized carbons (Fsp3) is 0.324.